The van der Waals surface area contributed by atoms with Crippen LogP contribution in [-0.4, -0.2) is 5.11 Å². The van der Waals surface area contributed by atoms with Crippen LogP contribution in [0.4, 0.5) is 0 Å². The summed E-state index contributed by atoms with van der Waals surface area (Å²) in [6.45, 7) is 4.08. The highest BCUT2D eigenvalue weighted by molar-refractivity contribution is 5.41. The second-order valence-corrected chi connectivity index (χ2v) is 4.12. The maximum atomic E-state index is 9.84. The average molecular weight is 207 g/mol. The molecule has 1 aromatic rings. The first-order chi connectivity index (χ1) is 7.16. The van der Waals surface area contributed by atoms with Gasteiger partial charge in [-0.2, -0.15) is 0 Å². The predicted molar refractivity (Wildman–Crippen MR) is 63.9 cm³/mol. The summed E-state index contributed by atoms with van der Waals surface area (Å²) in [5, 5.41) is 9.84. The Morgan fingerprint density at radius 3 is 2.73 bits per heavy atom. The molecular formula is C13H21NO. The molecule has 0 saturated carbocycles. The van der Waals surface area contributed by atoms with Gasteiger partial charge < -0.3 is 10.8 Å². The molecule has 0 aliphatic heterocycles. The standard InChI is InChI=1S/C13H21NO/c1-3-4-5-9-12(14)11-8-6-7-10(2)13(11)15/h6-8,12,15H,3-5,9,14H2,1-2H3/t12-/m1/s1. The van der Waals surface area contributed by atoms with Crippen LogP contribution in [0.15, 0.2) is 18.2 Å². The summed E-state index contributed by atoms with van der Waals surface area (Å²) in [5.74, 6) is 0.362. The number of aromatic hydroxyl groups is 1. The van der Waals surface area contributed by atoms with Crippen molar-refractivity contribution in [2.24, 2.45) is 5.73 Å². The van der Waals surface area contributed by atoms with E-state index in [0.717, 1.165) is 24.0 Å². The van der Waals surface area contributed by atoms with Crippen molar-refractivity contribution in [1.82, 2.24) is 0 Å². The molecule has 84 valence electrons. The Labute approximate surface area is 92.1 Å². The van der Waals surface area contributed by atoms with Gasteiger partial charge in [0.2, 0.25) is 0 Å². The number of rotatable bonds is 5. The lowest BCUT2D eigenvalue weighted by molar-refractivity contribution is 0.452. The van der Waals surface area contributed by atoms with Crippen LogP contribution in [0, 0.1) is 6.92 Å². The molecule has 0 radical (unpaired) electrons. The van der Waals surface area contributed by atoms with E-state index < -0.39 is 0 Å². The van der Waals surface area contributed by atoms with Crippen molar-refractivity contribution >= 4 is 0 Å². The molecule has 2 nitrogen and oxygen atoms in total. The lowest BCUT2D eigenvalue weighted by atomic mass is 9.98. The molecule has 3 N–H and O–H groups in total. The topological polar surface area (TPSA) is 46.2 Å². The van der Waals surface area contributed by atoms with Crippen molar-refractivity contribution in [3.8, 4) is 5.75 Å². The van der Waals surface area contributed by atoms with Crippen LogP contribution >= 0.6 is 0 Å². The summed E-state index contributed by atoms with van der Waals surface area (Å²) < 4.78 is 0. The molecular weight excluding hydrogens is 186 g/mol. The van der Waals surface area contributed by atoms with Crippen LogP contribution in [0.5, 0.6) is 5.75 Å². The highest BCUT2D eigenvalue weighted by atomic mass is 16.3. The zero-order valence-corrected chi connectivity index (χ0v) is 9.66. The molecule has 1 atom stereocenters. The van der Waals surface area contributed by atoms with Gasteiger partial charge in [-0.25, -0.2) is 0 Å². The van der Waals surface area contributed by atoms with Crippen LogP contribution in [0.1, 0.15) is 49.8 Å². The molecule has 1 aromatic carbocycles. The zero-order chi connectivity index (χ0) is 11.3. The third kappa shape index (κ3) is 3.24. The van der Waals surface area contributed by atoms with Crippen molar-refractivity contribution in [1.29, 1.82) is 0 Å². The summed E-state index contributed by atoms with van der Waals surface area (Å²) in [4.78, 5) is 0. The van der Waals surface area contributed by atoms with Crippen molar-refractivity contribution in [3.63, 3.8) is 0 Å². The van der Waals surface area contributed by atoms with E-state index >= 15 is 0 Å². The molecule has 0 unspecified atom stereocenters. The summed E-state index contributed by atoms with van der Waals surface area (Å²) >= 11 is 0. The Morgan fingerprint density at radius 2 is 2.07 bits per heavy atom. The first-order valence-electron chi connectivity index (χ1n) is 5.70. The summed E-state index contributed by atoms with van der Waals surface area (Å²) in [5.41, 5.74) is 7.83. The van der Waals surface area contributed by atoms with E-state index in [9.17, 15) is 5.11 Å². The van der Waals surface area contributed by atoms with Gasteiger partial charge in [0.25, 0.3) is 0 Å². The number of phenols is 1. The lowest BCUT2D eigenvalue weighted by Crippen LogP contribution is -2.10. The number of para-hydroxylation sites is 1. The SMILES string of the molecule is CCCCC[C@@H](N)c1cccc(C)c1O. The van der Waals surface area contributed by atoms with Gasteiger partial charge in [0.15, 0.2) is 0 Å². The van der Waals surface area contributed by atoms with E-state index in [4.69, 9.17) is 5.73 Å². The van der Waals surface area contributed by atoms with E-state index in [1.165, 1.54) is 12.8 Å². The molecule has 1 rings (SSSR count). The van der Waals surface area contributed by atoms with E-state index in [2.05, 4.69) is 6.92 Å². The molecule has 0 heterocycles. The Morgan fingerprint density at radius 1 is 1.33 bits per heavy atom. The summed E-state index contributed by atoms with van der Waals surface area (Å²) in [6, 6.07) is 5.73. The minimum absolute atomic E-state index is 0.0311. The second-order valence-electron chi connectivity index (χ2n) is 4.12. The van der Waals surface area contributed by atoms with Crippen LogP contribution in [-0.2, 0) is 0 Å². The van der Waals surface area contributed by atoms with E-state index in [-0.39, 0.29) is 6.04 Å². The van der Waals surface area contributed by atoms with Gasteiger partial charge in [0, 0.05) is 11.6 Å². The number of hydrogen-bond donors (Lipinski definition) is 2. The van der Waals surface area contributed by atoms with Crippen molar-refractivity contribution in [3.05, 3.63) is 29.3 Å². The quantitative estimate of drug-likeness (QED) is 0.728. The van der Waals surface area contributed by atoms with Crippen molar-refractivity contribution < 1.29 is 5.11 Å². The Bertz CT molecular complexity index is 309. The maximum Gasteiger partial charge on any atom is 0.123 e. The monoisotopic (exact) mass is 207 g/mol. The number of nitrogens with two attached hydrogens (primary N) is 1. The number of benzene rings is 1. The fourth-order valence-corrected chi connectivity index (χ4v) is 1.75. The molecule has 0 aromatic heterocycles. The highest BCUT2D eigenvalue weighted by Crippen LogP contribution is 2.28. The molecule has 0 bridgehead atoms. The maximum absolute atomic E-state index is 9.84. The lowest BCUT2D eigenvalue weighted by Gasteiger charge is -2.14. The average Bonchev–Trinajstić information content (AvgIpc) is 2.22. The van der Waals surface area contributed by atoms with Gasteiger partial charge in [-0.1, -0.05) is 44.4 Å². The fourth-order valence-electron chi connectivity index (χ4n) is 1.75. The molecule has 0 fully saturated rings. The normalized spacial score (nSPS) is 12.7. The molecule has 0 aliphatic carbocycles. The van der Waals surface area contributed by atoms with Gasteiger partial charge in [-0.15, -0.1) is 0 Å². The van der Waals surface area contributed by atoms with Gasteiger partial charge in [0.05, 0.1) is 0 Å². The first-order valence-corrected chi connectivity index (χ1v) is 5.70. The van der Waals surface area contributed by atoms with Crippen LogP contribution in [0.25, 0.3) is 0 Å². The molecule has 0 amide bonds. The smallest absolute Gasteiger partial charge is 0.123 e. The van der Waals surface area contributed by atoms with E-state index in [1.54, 1.807) is 0 Å². The highest BCUT2D eigenvalue weighted by Gasteiger charge is 2.11. The molecule has 0 saturated heterocycles. The van der Waals surface area contributed by atoms with Gasteiger partial charge in [-0.3, -0.25) is 0 Å². The minimum Gasteiger partial charge on any atom is -0.507 e. The van der Waals surface area contributed by atoms with Gasteiger partial charge in [-0.05, 0) is 18.9 Å². The first kappa shape index (κ1) is 12.1. The van der Waals surface area contributed by atoms with Crippen LogP contribution in [0.3, 0.4) is 0 Å². The number of unbranched alkanes of at least 4 members (excludes halogenated alkanes) is 2. The van der Waals surface area contributed by atoms with E-state index in [1.807, 2.05) is 25.1 Å². The zero-order valence-electron chi connectivity index (χ0n) is 9.66. The minimum atomic E-state index is -0.0311. The van der Waals surface area contributed by atoms with Crippen LogP contribution in [0.2, 0.25) is 0 Å². The Kier molecular flexibility index (Phi) is 4.63. The molecule has 2 heteroatoms. The summed E-state index contributed by atoms with van der Waals surface area (Å²) in [7, 11) is 0. The number of hydrogen-bond acceptors (Lipinski definition) is 2. The Hall–Kier alpha value is -1.02. The van der Waals surface area contributed by atoms with Crippen molar-refractivity contribution in [2.45, 2.75) is 45.6 Å². The van der Waals surface area contributed by atoms with Gasteiger partial charge >= 0.3 is 0 Å². The molecule has 15 heavy (non-hydrogen) atoms. The van der Waals surface area contributed by atoms with Crippen molar-refractivity contribution in [2.75, 3.05) is 0 Å². The molecule has 0 spiro atoms. The largest absolute Gasteiger partial charge is 0.507 e. The Balaban J connectivity index is 2.65. The fraction of sp³-hybridized carbons (Fsp3) is 0.538. The molecule has 0 aliphatic rings. The predicted octanol–water partition coefficient (Wildman–Crippen LogP) is 3.28. The number of aryl methyl sites for hydroxylation is 1. The van der Waals surface area contributed by atoms with Gasteiger partial charge in [0.1, 0.15) is 5.75 Å². The number of phenolic OH excluding ortho intramolecular Hbond substituents is 1. The third-order valence-electron chi connectivity index (χ3n) is 2.79. The summed E-state index contributed by atoms with van der Waals surface area (Å²) in [6.07, 6.45) is 4.49. The van der Waals surface area contributed by atoms with Crippen LogP contribution < -0.4 is 5.73 Å². The second kappa shape index (κ2) is 5.76. The third-order valence-corrected chi connectivity index (χ3v) is 2.79. The van der Waals surface area contributed by atoms with E-state index in [0.29, 0.717) is 5.75 Å².